The lowest BCUT2D eigenvalue weighted by molar-refractivity contribution is 0.220. The summed E-state index contributed by atoms with van der Waals surface area (Å²) in [6, 6.07) is 14.1. The van der Waals surface area contributed by atoms with Crippen molar-refractivity contribution in [3.05, 3.63) is 58.6 Å². The number of rotatable bonds is 7. The van der Waals surface area contributed by atoms with E-state index in [9.17, 15) is 13.2 Å². The second-order valence-corrected chi connectivity index (χ2v) is 8.67. The molecule has 0 fully saturated rings. The zero-order chi connectivity index (χ0) is 19.2. The van der Waals surface area contributed by atoms with E-state index in [2.05, 4.69) is 26.0 Å². The summed E-state index contributed by atoms with van der Waals surface area (Å²) in [5.41, 5.74) is 2.09. The average Bonchev–Trinajstić information content (AvgIpc) is 2.58. The number of carbonyl (C=O) groups excluding carboxylic acids is 1. The topological polar surface area (TPSA) is 78.5 Å². The van der Waals surface area contributed by atoms with E-state index in [1.54, 1.807) is 36.2 Å². The highest BCUT2D eigenvalue weighted by molar-refractivity contribution is 9.10. The minimum absolute atomic E-state index is 0.0757. The molecule has 2 N–H and O–H groups in total. The Kier molecular flexibility index (Phi) is 7.05. The Morgan fingerprint density at radius 2 is 1.62 bits per heavy atom. The van der Waals surface area contributed by atoms with Crippen LogP contribution in [0.15, 0.2) is 53.0 Å². The third-order valence-electron chi connectivity index (χ3n) is 3.56. The van der Waals surface area contributed by atoms with Gasteiger partial charge in [0.1, 0.15) is 0 Å². The normalized spacial score (nSPS) is 11.0. The maximum absolute atomic E-state index is 12.3. The monoisotopic (exact) mass is 439 g/mol. The van der Waals surface area contributed by atoms with Gasteiger partial charge in [-0.25, -0.2) is 13.2 Å². The van der Waals surface area contributed by atoms with Crippen molar-refractivity contribution < 1.29 is 13.2 Å². The minimum atomic E-state index is -3.32. The summed E-state index contributed by atoms with van der Waals surface area (Å²) in [5, 5.41) is 2.79. The number of benzene rings is 2. The van der Waals surface area contributed by atoms with Crippen molar-refractivity contribution in [1.82, 2.24) is 4.90 Å². The average molecular weight is 440 g/mol. The van der Waals surface area contributed by atoms with Gasteiger partial charge in [0, 0.05) is 29.4 Å². The summed E-state index contributed by atoms with van der Waals surface area (Å²) in [5.74, 6) is 0.0757. The predicted octanol–water partition coefficient (Wildman–Crippen LogP) is 4.26. The molecule has 0 saturated carbocycles. The van der Waals surface area contributed by atoms with E-state index in [4.69, 9.17) is 0 Å². The van der Waals surface area contributed by atoms with Crippen molar-refractivity contribution >= 4 is 43.4 Å². The van der Waals surface area contributed by atoms with Crippen molar-refractivity contribution in [2.24, 2.45) is 0 Å². The molecule has 2 amide bonds. The molecule has 0 spiro atoms. The lowest BCUT2D eigenvalue weighted by Crippen LogP contribution is -2.30. The standard InChI is InChI=1S/C18H22BrN3O3S/c1-3-12-26(24,25)21-17-10-8-16(9-11-17)20-18(23)22(2)13-14-4-6-15(19)7-5-14/h4-11,21H,3,12-13H2,1-2H3,(H,20,23). The van der Waals surface area contributed by atoms with Gasteiger partial charge in [0.2, 0.25) is 10.0 Å². The van der Waals surface area contributed by atoms with Gasteiger partial charge in [-0.3, -0.25) is 4.72 Å². The van der Waals surface area contributed by atoms with E-state index in [1.807, 2.05) is 31.2 Å². The van der Waals surface area contributed by atoms with E-state index in [1.165, 1.54) is 0 Å². The van der Waals surface area contributed by atoms with Crippen LogP contribution in [-0.4, -0.2) is 32.1 Å². The van der Waals surface area contributed by atoms with Crippen LogP contribution in [0.5, 0.6) is 0 Å². The van der Waals surface area contributed by atoms with E-state index in [0.29, 0.717) is 24.3 Å². The second-order valence-electron chi connectivity index (χ2n) is 5.91. The molecular formula is C18H22BrN3O3S. The number of amides is 2. The van der Waals surface area contributed by atoms with Crippen LogP contribution in [0.25, 0.3) is 0 Å². The highest BCUT2D eigenvalue weighted by Gasteiger charge is 2.11. The number of hydrogen-bond acceptors (Lipinski definition) is 3. The Morgan fingerprint density at radius 3 is 2.19 bits per heavy atom. The van der Waals surface area contributed by atoms with Crippen LogP contribution in [-0.2, 0) is 16.6 Å². The molecule has 6 nitrogen and oxygen atoms in total. The fraction of sp³-hybridized carbons (Fsp3) is 0.278. The highest BCUT2D eigenvalue weighted by Crippen LogP contribution is 2.16. The summed E-state index contributed by atoms with van der Waals surface area (Å²) >= 11 is 3.38. The number of carbonyl (C=O) groups is 1. The molecule has 0 heterocycles. The van der Waals surface area contributed by atoms with Gasteiger partial charge in [0.05, 0.1) is 5.75 Å². The number of hydrogen-bond donors (Lipinski definition) is 2. The third-order valence-corrected chi connectivity index (χ3v) is 5.58. The number of anilines is 2. The third kappa shape index (κ3) is 6.34. The van der Waals surface area contributed by atoms with Crippen LogP contribution in [0, 0.1) is 0 Å². The van der Waals surface area contributed by atoms with Gasteiger partial charge in [-0.2, -0.15) is 0 Å². The molecule has 26 heavy (non-hydrogen) atoms. The number of urea groups is 1. The molecule has 0 aliphatic heterocycles. The summed E-state index contributed by atoms with van der Waals surface area (Å²) in [7, 11) is -1.61. The molecular weight excluding hydrogens is 418 g/mol. The number of sulfonamides is 1. The maximum atomic E-state index is 12.3. The van der Waals surface area contributed by atoms with Gasteiger partial charge in [-0.15, -0.1) is 0 Å². The zero-order valence-electron chi connectivity index (χ0n) is 14.7. The zero-order valence-corrected chi connectivity index (χ0v) is 17.1. The SMILES string of the molecule is CCCS(=O)(=O)Nc1ccc(NC(=O)N(C)Cc2ccc(Br)cc2)cc1. The first kappa shape index (κ1) is 20.3. The molecule has 0 unspecified atom stereocenters. The highest BCUT2D eigenvalue weighted by atomic mass is 79.9. The van der Waals surface area contributed by atoms with E-state index < -0.39 is 10.0 Å². The molecule has 0 saturated heterocycles. The number of nitrogens with zero attached hydrogens (tertiary/aromatic N) is 1. The van der Waals surface area contributed by atoms with Crippen LogP contribution < -0.4 is 10.0 Å². The molecule has 0 aliphatic carbocycles. The van der Waals surface area contributed by atoms with Crippen LogP contribution in [0.3, 0.4) is 0 Å². The van der Waals surface area contributed by atoms with Gasteiger partial charge in [0.15, 0.2) is 0 Å². The van der Waals surface area contributed by atoms with E-state index >= 15 is 0 Å². The quantitative estimate of drug-likeness (QED) is 0.675. The Morgan fingerprint density at radius 1 is 1.04 bits per heavy atom. The molecule has 0 aliphatic rings. The van der Waals surface area contributed by atoms with Gasteiger partial charge in [-0.1, -0.05) is 35.0 Å². The lowest BCUT2D eigenvalue weighted by atomic mass is 10.2. The van der Waals surface area contributed by atoms with E-state index in [-0.39, 0.29) is 11.8 Å². The smallest absolute Gasteiger partial charge is 0.321 e. The predicted molar refractivity (Wildman–Crippen MR) is 109 cm³/mol. The largest absolute Gasteiger partial charge is 0.323 e. The number of halogens is 1. The van der Waals surface area contributed by atoms with Gasteiger partial charge >= 0.3 is 6.03 Å². The Bertz CT molecular complexity index is 837. The molecule has 0 aromatic heterocycles. The molecule has 2 aromatic rings. The minimum Gasteiger partial charge on any atom is -0.323 e. The Balaban J connectivity index is 1.93. The van der Waals surface area contributed by atoms with Crippen LogP contribution in [0.1, 0.15) is 18.9 Å². The Hall–Kier alpha value is -2.06. The first-order chi connectivity index (χ1) is 12.3. The first-order valence-electron chi connectivity index (χ1n) is 8.16. The summed E-state index contributed by atoms with van der Waals surface area (Å²) in [6.45, 7) is 2.29. The summed E-state index contributed by atoms with van der Waals surface area (Å²) in [6.07, 6.45) is 0.550. The summed E-state index contributed by atoms with van der Waals surface area (Å²) < 4.78 is 27.0. The fourth-order valence-corrected chi connectivity index (χ4v) is 3.67. The van der Waals surface area contributed by atoms with Crippen LogP contribution >= 0.6 is 15.9 Å². The lowest BCUT2D eigenvalue weighted by Gasteiger charge is -2.18. The van der Waals surface area contributed by atoms with E-state index in [0.717, 1.165) is 10.0 Å². The second kappa shape index (κ2) is 9.05. The molecule has 8 heteroatoms. The van der Waals surface area contributed by atoms with Crippen molar-refractivity contribution in [1.29, 1.82) is 0 Å². The van der Waals surface area contributed by atoms with Crippen molar-refractivity contribution in [3.63, 3.8) is 0 Å². The van der Waals surface area contributed by atoms with Crippen molar-refractivity contribution in [2.45, 2.75) is 19.9 Å². The summed E-state index contributed by atoms with van der Waals surface area (Å²) in [4.78, 5) is 13.8. The van der Waals surface area contributed by atoms with Crippen LogP contribution in [0.4, 0.5) is 16.2 Å². The fourth-order valence-electron chi connectivity index (χ4n) is 2.28. The molecule has 2 aromatic carbocycles. The first-order valence-corrected chi connectivity index (χ1v) is 10.6. The molecule has 0 bridgehead atoms. The molecule has 140 valence electrons. The molecule has 2 rings (SSSR count). The molecule has 0 radical (unpaired) electrons. The van der Waals surface area contributed by atoms with Gasteiger partial charge < -0.3 is 10.2 Å². The van der Waals surface area contributed by atoms with Gasteiger partial charge in [0.25, 0.3) is 0 Å². The number of nitrogens with one attached hydrogen (secondary N) is 2. The van der Waals surface area contributed by atoms with Crippen molar-refractivity contribution in [3.8, 4) is 0 Å². The van der Waals surface area contributed by atoms with Gasteiger partial charge in [-0.05, 0) is 48.4 Å². The molecule has 0 atom stereocenters. The maximum Gasteiger partial charge on any atom is 0.321 e. The van der Waals surface area contributed by atoms with Crippen molar-refractivity contribution in [2.75, 3.05) is 22.8 Å². The van der Waals surface area contributed by atoms with Crippen LogP contribution in [0.2, 0.25) is 0 Å². The Labute approximate surface area is 162 Å².